The molecule has 43 heavy (non-hydrogen) atoms. The van der Waals surface area contributed by atoms with Crippen LogP contribution in [0.4, 0.5) is 0 Å². The zero-order valence-electron chi connectivity index (χ0n) is 25.8. The second kappa shape index (κ2) is 20.0. The third-order valence-electron chi connectivity index (χ3n) is 8.09. The average Bonchev–Trinajstić information content (AvgIpc) is 2.99. The van der Waals surface area contributed by atoms with E-state index in [1.807, 2.05) is 6.92 Å². The van der Waals surface area contributed by atoms with E-state index >= 15 is 0 Å². The molecule has 11 nitrogen and oxygen atoms in total. The van der Waals surface area contributed by atoms with Crippen LogP contribution in [0.3, 0.4) is 0 Å². The fourth-order valence-corrected chi connectivity index (χ4v) is 6.46. The molecule has 1 heterocycles. The lowest BCUT2D eigenvalue weighted by Gasteiger charge is -2.40. The van der Waals surface area contributed by atoms with Gasteiger partial charge in [-0.15, -0.1) is 0 Å². The van der Waals surface area contributed by atoms with Gasteiger partial charge in [0.1, 0.15) is 24.4 Å². The van der Waals surface area contributed by atoms with E-state index in [0.29, 0.717) is 6.42 Å². The number of rotatable bonds is 22. The molecule has 0 aromatic heterocycles. The quantitative estimate of drug-likeness (QED) is 0.0934. The number of aliphatic hydroxyl groups excluding tert-OH is 6. The predicted octanol–water partition coefficient (Wildman–Crippen LogP) is 2.27. The Labute approximate surface area is 257 Å². The van der Waals surface area contributed by atoms with Crippen LogP contribution in [0.2, 0.25) is 0 Å². The maximum absolute atomic E-state index is 13.1. The number of unbranched alkanes of at least 4 members (excludes halogenated alkanes) is 11. The second-order valence-corrected chi connectivity index (χ2v) is 13.5. The first-order valence-electron chi connectivity index (χ1n) is 15.9. The van der Waals surface area contributed by atoms with Gasteiger partial charge < -0.3 is 40.1 Å². The van der Waals surface area contributed by atoms with Crippen LogP contribution in [-0.4, -0.2) is 101 Å². The summed E-state index contributed by atoms with van der Waals surface area (Å²) in [5.41, 5.74) is 0.860. The monoisotopic (exact) mass is 633 g/mol. The highest BCUT2D eigenvalue weighted by Crippen LogP contribution is 2.23. The molecule has 0 bridgehead atoms. The van der Waals surface area contributed by atoms with Crippen LogP contribution in [0.1, 0.15) is 96.0 Å². The maximum atomic E-state index is 13.1. The van der Waals surface area contributed by atoms with E-state index in [9.17, 15) is 39.1 Å². The Hall–Kier alpha value is -1.19. The molecule has 0 radical (unpaired) electrons. The summed E-state index contributed by atoms with van der Waals surface area (Å²) in [6, 6.07) is 4.76. The Morgan fingerprint density at radius 2 is 1.37 bits per heavy atom. The van der Waals surface area contributed by atoms with Crippen LogP contribution in [0, 0.1) is 6.92 Å². The first-order chi connectivity index (χ1) is 20.5. The molecule has 1 aromatic rings. The highest BCUT2D eigenvalue weighted by atomic mass is 32.2. The number of hydrogen-bond donors (Lipinski definition) is 7. The molecule has 12 heteroatoms. The van der Waals surface area contributed by atoms with Crippen molar-refractivity contribution < 1.29 is 48.5 Å². The topological polar surface area (TPSA) is 186 Å². The molecule has 0 unspecified atom stereocenters. The second-order valence-electron chi connectivity index (χ2n) is 11.8. The first kappa shape index (κ1) is 38.0. The van der Waals surface area contributed by atoms with Gasteiger partial charge >= 0.3 is 0 Å². The largest absolute Gasteiger partial charge is 0.394 e. The molecule has 0 spiro atoms. The zero-order valence-corrected chi connectivity index (χ0v) is 26.6. The molecule has 1 fully saturated rings. The molecule has 1 saturated heterocycles. The van der Waals surface area contributed by atoms with E-state index in [-0.39, 0.29) is 11.3 Å². The Kier molecular flexibility index (Phi) is 17.7. The lowest BCUT2D eigenvalue weighted by atomic mass is 9.99. The summed E-state index contributed by atoms with van der Waals surface area (Å²) in [7, 11) is -4.14. The molecule has 0 amide bonds. The standard InChI is InChI=1S/C31H55NO10S/c1-3-4-5-6-7-8-9-10-11-12-13-14-15-25(34)27(35)24(32-43(39,40)23-18-16-22(2)17-19-23)21-41-31-30(38)29(37)28(36)26(20-33)42-31/h16-19,24-38H,3-15,20-21H2,1-2H3/t24-,25+,26+,27-,28-,29-,30+,31-/m0/s1. The predicted molar refractivity (Wildman–Crippen MR) is 163 cm³/mol. The Balaban J connectivity index is 1.92. The van der Waals surface area contributed by atoms with Crippen molar-refractivity contribution in [2.45, 2.75) is 151 Å². The van der Waals surface area contributed by atoms with Crippen LogP contribution in [-0.2, 0) is 19.5 Å². The molecule has 7 N–H and O–H groups in total. The highest BCUT2D eigenvalue weighted by molar-refractivity contribution is 7.89. The first-order valence-corrected chi connectivity index (χ1v) is 17.4. The molecule has 250 valence electrons. The number of sulfonamides is 1. The van der Waals surface area contributed by atoms with Crippen LogP contribution in [0.25, 0.3) is 0 Å². The fourth-order valence-electron chi connectivity index (χ4n) is 5.22. The van der Waals surface area contributed by atoms with Gasteiger partial charge in [0, 0.05) is 0 Å². The molecule has 2 rings (SSSR count). The molecule has 8 atom stereocenters. The maximum Gasteiger partial charge on any atom is 0.240 e. The van der Waals surface area contributed by atoms with E-state index in [1.165, 1.54) is 63.5 Å². The van der Waals surface area contributed by atoms with E-state index in [4.69, 9.17) is 9.47 Å². The number of nitrogens with one attached hydrogen (secondary N) is 1. The molecule has 1 aliphatic heterocycles. The number of aliphatic hydroxyl groups is 6. The molecule has 0 aliphatic carbocycles. The summed E-state index contributed by atoms with van der Waals surface area (Å²) < 4.78 is 39.5. The molecular weight excluding hydrogens is 578 g/mol. The summed E-state index contributed by atoms with van der Waals surface area (Å²) in [4.78, 5) is -0.0430. The Bertz CT molecular complexity index is 977. The van der Waals surface area contributed by atoms with Gasteiger partial charge in [-0.1, -0.05) is 102 Å². The average molecular weight is 634 g/mol. The lowest BCUT2D eigenvalue weighted by molar-refractivity contribution is -0.303. The minimum Gasteiger partial charge on any atom is -0.394 e. The summed E-state index contributed by atoms with van der Waals surface area (Å²) >= 11 is 0. The Morgan fingerprint density at radius 1 is 0.837 bits per heavy atom. The van der Waals surface area contributed by atoms with Gasteiger partial charge in [-0.25, -0.2) is 13.1 Å². The number of ether oxygens (including phenoxy) is 2. The smallest absolute Gasteiger partial charge is 0.240 e. The van der Waals surface area contributed by atoms with E-state index in [1.54, 1.807) is 12.1 Å². The van der Waals surface area contributed by atoms with E-state index < -0.39 is 72.2 Å². The van der Waals surface area contributed by atoms with Crippen LogP contribution in [0.15, 0.2) is 29.2 Å². The van der Waals surface area contributed by atoms with Gasteiger partial charge in [0.15, 0.2) is 6.29 Å². The van der Waals surface area contributed by atoms with Gasteiger partial charge in [0.2, 0.25) is 10.0 Å². The minimum atomic E-state index is -4.14. The van der Waals surface area contributed by atoms with E-state index in [2.05, 4.69) is 11.6 Å². The van der Waals surface area contributed by atoms with Crippen molar-refractivity contribution in [3.8, 4) is 0 Å². The highest BCUT2D eigenvalue weighted by Gasteiger charge is 2.44. The number of aryl methyl sites for hydroxylation is 1. The van der Waals surface area contributed by atoms with Crippen molar-refractivity contribution in [1.82, 2.24) is 4.72 Å². The van der Waals surface area contributed by atoms with Crippen molar-refractivity contribution >= 4 is 10.0 Å². The summed E-state index contributed by atoms with van der Waals surface area (Å²) in [5, 5.41) is 61.6. The molecule has 0 saturated carbocycles. The van der Waals surface area contributed by atoms with Crippen molar-refractivity contribution in [2.75, 3.05) is 13.2 Å². The Morgan fingerprint density at radius 3 is 1.91 bits per heavy atom. The zero-order chi connectivity index (χ0) is 31.8. The number of benzene rings is 1. The van der Waals surface area contributed by atoms with Gasteiger partial charge in [-0.2, -0.15) is 0 Å². The van der Waals surface area contributed by atoms with Gasteiger partial charge in [-0.3, -0.25) is 0 Å². The van der Waals surface area contributed by atoms with Crippen molar-refractivity contribution in [1.29, 1.82) is 0 Å². The third kappa shape index (κ3) is 13.0. The van der Waals surface area contributed by atoms with Crippen LogP contribution in [0.5, 0.6) is 0 Å². The summed E-state index contributed by atoms with van der Waals surface area (Å²) in [5.74, 6) is 0. The fraction of sp³-hybridized carbons (Fsp3) is 0.806. The van der Waals surface area contributed by atoms with Crippen molar-refractivity contribution in [3.05, 3.63) is 29.8 Å². The van der Waals surface area contributed by atoms with Crippen molar-refractivity contribution in [3.63, 3.8) is 0 Å². The van der Waals surface area contributed by atoms with Crippen LogP contribution >= 0.6 is 0 Å². The third-order valence-corrected chi connectivity index (χ3v) is 9.59. The SMILES string of the molecule is CCCCCCCCCCCCCC[C@@H](O)[C@@H](O)[C@H](CO[C@H]1O[C@H](CO)[C@H](O)[C@H](O)[C@H]1O)NS(=O)(=O)c1ccc(C)cc1. The normalized spacial score (nSPS) is 25.0. The van der Waals surface area contributed by atoms with Gasteiger partial charge in [-0.05, 0) is 25.5 Å². The number of hydrogen-bond acceptors (Lipinski definition) is 10. The lowest BCUT2D eigenvalue weighted by Crippen LogP contribution is -2.60. The van der Waals surface area contributed by atoms with E-state index in [0.717, 1.165) is 24.8 Å². The summed E-state index contributed by atoms with van der Waals surface area (Å²) in [6.07, 6.45) is 3.54. The van der Waals surface area contributed by atoms with Crippen LogP contribution < -0.4 is 4.72 Å². The minimum absolute atomic E-state index is 0.0430. The molecular formula is C31H55NO10S. The molecule has 1 aromatic carbocycles. The van der Waals surface area contributed by atoms with Gasteiger partial charge in [0.25, 0.3) is 0 Å². The van der Waals surface area contributed by atoms with Gasteiger partial charge in [0.05, 0.1) is 36.4 Å². The van der Waals surface area contributed by atoms with Crippen molar-refractivity contribution in [2.24, 2.45) is 0 Å². The summed E-state index contributed by atoms with van der Waals surface area (Å²) in [6.45, 7) is 2.84. The molecule has 1 aliphatic rings.